The lowest BCUT2D eigenvalue weighted by Gasteiger charge is -2.23. The Morgan fingerprint density at radius 1 is 1.47 bits per heavy atom. The molecule has 2 heterocycles. The van der Waals surface area contributed by atoms with Gasteiger partial charge in [0.15, 0.2) is 5.82 Å². The fourth-order valence-corrected chi connectivity index (χ4v) is 2.94. The molecule has 0 atom stereocenters. The number of nitrogens with one attached hydrogen (secondary N) is 1. The van der Waals surface area contributed by atoms with Crippen molar-refractivity contribution in [2.45, 2.75) is 25.5 Å². The molecule has 0 radical (unpaired) electrons. The lowest BCUT2D eigenvalue weighted by atomic mass is 10.1. The van der Waals surface area contributed by atoms with Gasteiger partial charge in [0.1, 0.15) is 18.2 Å². The number of methoxy groups -OCH3 is 1. The third-order valence-corrected chi connectivity index (χ3v) is 3.69. The number of thioether (sulfide) groups is 1. The molecule has 17 heavy (non-hydrogen) atoms. The molecule has 0 spiro atoms. The maximum absolute atomic E-state index is 5.74. The molecule has 1 saturated heterocycles. The largest absolute Gasteiger partial charge is 0.384 e. The van der Waals surface area contributed by atoms with Gasteiger partial charge in [0, 0.05) is 19.2 Å². The van der Waals surface area contributed by atoms with Gasteiger partial charge in [0.05, 0.1) is 0 Å². The molecular formula is C11H18N4OS. The van der Waals surface area contributed by atoms with Crippen molar-refractivity contribution < 1.29 is 4.74 Å². The molecule has 5 nitrogen and oxygen atoms in total. The minimum Gasteiger partial charge on any atom is -0.384 e. The van der Waals surface area contributed by atoms with Crippen molar-refractivity contribution in [3.8, 4) is 0 Å². The second kappa shape index (κ2) is 6.07. The number of nitrogens with zero attached hydrogens (tertiary/aromatic N) is 2. The van der Waals surface area contributed by atoms with E-state index >= 15 is 0 Å². The Morgan fingerprint density at radius 2 is 2.24 bits per heavy atom. The zero-order chi connectivity index (χ0) is 12.1. The SMILES string of the molecule is COCc1nc(N)cc(NC2CCSCC2)n1. The van der Waals surface area contributed by atoms with Crippen molar-refractivity contribution in [3.63, 3.8) is 0 Å². The first-order valence-electron chi connectivity index (χ1n) is 5.74. The molecule has 0 aliphatic carbocycles. The van der Waals surface area contributed by atoms with Crippen LogP contribution in [0.15, 0.2) is 6.07 Å². The summed E-state index contributed by atoms with van der Waals surface area (Å²) in [5.74, 6) is 4.34. The van der Waals surface area contributed by atoms with Gasteiger partial charge in [-0.15, -0.1) is 0 Å². The summed E-state index contributed by atoms with van der Waals surface area (Å²) < 4.78 is 5.02. The zero-order valence-corrected chi connectivity index (χ0v) is 10.8. The highest BCUT2D eigenvalue weighted by Crippen LogP contribution is 2.20. The Balaban J connectivity index is 2.03. The first-order valence-corrected chi connectivity index (χ1v) is 6.90. The molecule has 1 fully saturated rings. The van der Waals surface area contributed by atoms with Crippen molar-refractivity contribution >= 4 is 23.4 Å². The van der Waals surface area contributed by atoms with E-state index in [1.807, 2.05) is 11.8 Å². The van der Waals surface area contributed by atoms with E-state index in [4.69, 9.17) is 10.5 Å². The smallest absolute Gasteiger partial charge is 0.158 e. The molecule has 0 unspecified atom stereocenters. The maximum Gasteiger partial charge on any atom is 0.158 e. The Morgan fingerprint density at radius 3 is 2.94 bits per heavy atom. The van der Waals surface area contributed by atoms with Crippen molar-refractivity contribution in [3.05, 3.63) is 11.9 Å². The quantitative estimate of drug-likeness (QED) is 0.848. The van der Waals surface area contributed by atoms with Gasteiger partial charge < -0.3 is 15.8 Å². The second-order valence-electron chi connectivity index (χ2n) is 4.06. The van der Waals surface area contributed by atoms with Crippen LogP contribution in [0.5, 0.6) is 0 Å². The predicted molar refractivity (Wildman–Crippen MR) is 71.1 cm³/mol. The summed E-state index contributed by atoms with van der Waals surface area (Å²) >= 11 is 2.01. The lowest BCUT2D eigenvalue weighted by Crippen LogP contribution is -2.25. The minimum absolute atomic E-state index is 0.389. The van der Waals surface area contributed by atoms with Gasteiger partial charge in [-0.05, 0) is 24.3 Å². The van der Waals surface area contributed by atoms with E-state index < -0.39 is 0 Å². The van der Waals surface area contributed by atoms with Gasteiger partial charge in [-0.3, -0.25) is 0 Å². The summed E-state index contributed by atoms with van der Waals surface area (Å²) in [6.07, 6.45) is 2.35. The summed E-state index contributed by atoms with van der Waals surface area (Å²) in [5, 5.41) is 3.42. The molecule has 1 aliphatic heterocycles. The molecule has 0 bridgehead atoms. The monoisotopic (exact) mass is 254 g/mol. The van der Waals surface area contributed by atoms with Crippen LogP contribution in [0, 0.1) is 0 Å². The van der Waals surface area contributed by atoms with E-state index in [-0.39, 0.29) is 0 Å². The van der Waals surface area contributed by atoms with Gasteiger partial charge in [0.25, 0.3) is 0 Å². The average Bonchev–Trinajstić information content (AvgIpc) is 2.30. The third kappa shape index (κ3) is 3.74. The van der Waals surface area contributed by atoms with Gasteiger partial charge >= 0.3 is 0 Å². The Hall–Kier alpha value is -1.01. The van der Waals surface area contributed by atoms with Crippen LogP contribution in [-0.2, 0) is 11.3 Å². The predicted octanol–water partition coefficient (Wildman–Crippen LogP) is 1.51. The van der Waals surface area contributed by atoms with Crippen LogP contribution in [0.4, 0.5) is 11.6 Å². The standard InChI is InChI=1S/C11H18N4OS/c1-16-7-11-14-9(12)6-10(15-11)13-8-2-4-17-5-3-8/h6,8H,2-5,7H2,1H3,(H3,12,13,14,15). The number of aromatic nitrogens is 2. The summed E-state index contributed by atoms with van der Waals surface area (Å²) in [5.41, 5.74) is 5.74. The van der Waals surface area contributed by atoms with Crippen LogP contribution in [-0.4, -0.2) is 34.6 Å². The normalized spacial score (nSPS) is 17.0. The van der Waals surface area contributed by atoms with E-state index in [1.165, 1.54) is 24.3 Å². The van der Waals surface area contributed by atoms with E-state index in [9.17, 15) is 0 Å². The molecule has 0 amide bonds. The molecule has 6 heteroatoms. The first-order chi connectivity index (χ1) is 8.28. The maximum atomic E-state index is 5.74. The number of ether oxygens (including phenoxy) is 1. The van der Waals surface area contributed by atoms with Crippen LogP contribution in [0.3, 0.4) is 0 Å². The van der Waals surface area contributed by atoms with Crippen LogP contribution in [0.25, 0.3) is 0 Å². The Bertz CT molecular complexity index is 368. The lowest BCUT2D eigenvalue weighted by molar-refractivity contribution is 0.178. The molecule has 0 aromatic carbocycles. The van der Waals surface area contributed by atoms with Crippen molar-refractivity contribution in [2.75, 3.05) is 29.7 Å². The Kier molecular flexibility index (Phi) is 4.44. The highest BCUT2D eigenvalue weighted by atomic mass is 32.2. The summed E-state index contributed by atoms with van der Waals surface area (Å²) in [7, 11) is 1.62. The van der Waals surface area contributed by atoms with E-state index in [0.717, 1.165) is 5.82 Å². The highest BCUT2D eigenvalue weighted by molar-refractivity contribution is 7.99. The summed E-state index contributed by atoms with van der Waals surface area (Å²) in [6, 6.07) is 2.28. The number of nitrogen functional groups attached to an aromatic ring is 1. The van der Waals surface area contributed by atoms with Crippen molar-refractivity contribution in [1.82, 2.24) is 9.97 Å². The second-order valence-corrected chi connectivity index (χ2v) is 5.28. The fraction of sp³-hybridized carbons (Fsp3) is 0.636. The highest BCUT2D eigenvalue weighted by Gasteiger charge is 2.14. The van der Waals surface area contributed by atoms with Gasteiger partial charge in [-0.1, -0.05) is 0 Å². The first kappa shape index (κ1) is 12.4. The molecule has 1 aliphatic rings. The number of hydrogen-bond donors (Lipinski definition) is 2. The van der Waals surface area contributed by atoms with Gasteiger partial charge in [-0.25, -0.2) is 9.97 Å². The van der Waals surface area contributed by atoms with Gasteiger partial charge in [0.2, 0.25) is 0 Å². The van der Waals surface area contributed by atoms with Crippen molar-refractivity contribution in [2.24, 2.45) is 0 Å². The summed E-state index contributed by atoms with van der Waals surface area (Å²) in [6.45, 7) is 0.389. The number of hydrogen-bond acceptors (Lipinski definition) is 6. The number of nitrogens with two attached hydrogens (primary N) is 1. The zero-order valence-electron chi connectivity index (χ0n) is 9.98. The molecular weight excluding hydrogens is 236 g/mol. The Labute approximate surface area is 106 Å². The van der Waals surface area contributed by atoms with Gasteiger partial charge in [-0.2, -0.15) is 11.8 Å². The van der Waals surface area contributed by atoms with E-state index in [1.54, 1.807) is 13.2 Å². The van der Waals surface area contributed by atoms with Crippen LogP contribution >= 0.6 is 11.8 Å². The van der Waals surface area contributed by atoms with Crippen molar-refractivity contribution in [1.29, 1.82) is 0 Å². The number of anilines is 2. The molecule has 0 saturated carbocycles. The van der Waals surface area contributed by atoms with E-state index in [2.05, 4.69) is 15.3 Å². The molecule has 2 rings (SSSR count). The average molecular weight is 254 g/mol. The van der Waals surface area contributed by atoms with Crippen LogP contribution < -0.4 is 11.1 Å². The van der Waals surface area contributed by atoms with E-state index in [0.29, 0.717) is 24.3 Å². The molecule has 94 valence electrons. The fourth-order valence-electron chi connectivity index (χ4n) is 1.84. The molecule has 3 N–H and O–H groups in total. The minimum atomic E-state index is 0.389. The third-order valence-electron chi connectivity index (χ3n) is 2.64. The van der Waals surface area contributed by atoms with Crippen LogP contribution in [0.1, 0.15) is 18.7 Å². The van der Waals surface area contributed by atoms with Crippen LogP contribution in [0.2, 0.25) is 0 Å². The summed E-state index contributed by atoms with van der Waals surface area (Å²) in [4.78, 5) is 8.50. The number of rotatable bonds is 4. The topological polar surface area (TPSA) is 73.1 Å². The molecule has 1 aromatic rings. The molecule has 1 aromatic heterocycles.